The lowest BCUT2D eigenvalue weighted by Gasteiger charge is -2.35. The molecule has 0 radical (unpaired) electrons. The summed E-state index contributed by atoms with van der Waals surface area (Å²) < 4.78 is 0. The van der Waals surface area contributed by atoms with Crippen LogP contribution in [0.2, 0.25) is 0 Å². The van der Waals surface area contributed by atoms with Crippen LogP contribution in [0, 0.1) is 0 Å². The minimum Gasteiger partial charge on any atom is -0.350 e. The second-order valence-corrected chi connectivity index (χ2v) is 11.4. The molecule has 4 aliphatic rings. The lowest BCUT2D eigenvalue weighted by atomic mass is 9.77. The summed E-state index contributed by atoms with van der Waals surface area (Å²) in [5, 5.41) is 10.2. The third kappa shape index (κ3) is 4.54. The average molecular weight is 545 g/mol. The van der Waals surface area contributed by atoms with Gasteiger partial charge in [-0.2, -0.15) is 0 Å². The number of nitrogens with one attached hydrogen (secondary N) is 2. The lowest BCUT2D eigenvalue weighted by molar-refractivity contribution is 0.422. The lowest BCUT2D eigenvalue weighted by Crippen LogP contribution is -2.49. The van der Waals surface area contributed by atoms with Crippen molar-refractivity contribution in [2.45, 2.75) is 37.5 Å². The number of hydrogen-bond donors (Lipinski definition) is 2. The summed E-state index contributed by atoms with van der Waals surface area (Å²) in [4.78, 5) is 9.89. The van der Waals surface area contributed by atoms with Crippen molar-refractivity contribution >= 4 is 28.4 Å². The fourth-order valence-electron chi connectivity index (χ4n) is 6.68. The van der Waals surface area contributed by atoms with Crippen LogP contribution >= 0.6 is 0 Å². The predicted molar refractivity (Wildman–Crippen MR) is 174 cm³/mol. The molecule has 0 spiro atoms. The molecule has 2 heterocycles. The Bertz CT molecular complexity index is 1860. The summed E-state index contributed by atoms with van der Waals surface area (Å²) in [5.74, 6) is 1.15. The Hall–Kier alpha value is -4.80. The Morgan fingerprint density at radius 1 is 0.833 bits per heavy atom. The fourth-order valence-corrected chi connectivity index (χ4v) is 6.68. The van der Waals surface area contributed by atoms with Crippen molar-refractivity contribution in [3.05, 3.63) is 160 Å². The van der Waals surface area contributed by atoms with Crippen molar-refractivity contribution in [3.63, 3.8) is 0 Å². The number of benzene rings is 4. The highest BCUT2D eigenvalue weighted by molar-refractivity contribution is 6.14. The van der Waals surface area contributed by atoms with Crippen LogP contribution in [-0.2, 0) is 6.42 Å². The van der Waals surface area contributed by atoms with Crippen LogP contribution in [0.3, 0.4) is 0 Å². The maximum Gasteiger partial charge on any atom is 0.131 e. The Labute approximate surface area is 246 Å². The first kappa shape index (κ1) is 25.0. The quantitative estimate of drug-likeness (QED) is 0.270. The highest BCUT2D eigenvalue weighted by Crippen LogP contribution is 2.41. The molecule has 42 heavy (non-hydrogen) atoms. The van der Waals surface area contributed by atoms with Crippen LogP contribution in [0.5, 0.6) is 0 Å². The molecule has 0 saturated heterocycles. The maximum absolute atomic E-state index is 5.28. The minimum absolute atomic E-state index is 0.0582. The molecule has 0 amide bonds. The average Bonchev–Trinajstić information content (AvgIpc) is 3.04. The third-order valence-corrected chi connectivity index (χ3v) is 8.79. The molecular formula is C38H32N4. The minimum atomic E-state index is -0.168. The zero-order chi connectivity index (χ0) is 27.9. The van der Waals surface area contributed by atoms with Crippen LogP contribution < -0.4 is 10.6 Å². The predicted octanol–water partition coefficient (Wildman–Crippen LogP) is 7.77. The van der Waals surface area contributed by atoms with E-state index in [4.69, 9.17) is 4.99 Å². The van der Waals surface area contributed by atoms with Crippen molar-refractivity contribution in [2.75, 3.05) is 0 Å². The molecule has 2 aliphatic heterocycles. The molecule has 4 aromatic rings. The first-order valence-corrected chi connectivity index (χ1v) is 14.9. The topological polar surface area (TPSA) is 48.8 Å². The molecule has 0 saturated carbocycles. The van der Waals surface area contributed by atoms with E-state index in [9.17, 15) is 0 Å². The Balaban J connectivity index is 1.23. The second kappa shape index (κ2) is 10.6. The van der Waals surface area contributed by atoms with Crippen molar-refractivity contribution < 1.29 is 0 Å². The normalized spacial score (nSPS) is 22.7. The Morgan fingerprint density at radius 2 is 1.62 bits per heavy atom. The van der Waals surface area contributed by atoms with Gasteiger partial charge in [0.25, 0.3) is 0 Å². The van der Waals surface area contributed by atoms with E-state index in [0.717, 1.165) is 36.4 Å². The van der Waals surface area contributed by atoms with E-state index in [0.29, 0.717) is 0 Å². The van der Waals surface area contributed by atoms with Gasteiger partial charge in [-0.05, 0) is 69.5 Å². The van der Waals surface area contributed by atoms with Gasteiger partial charge in [0.05, 0.1) is 5.71 Å². The Morgan fingerprint density at radius 3 is 2.43 bits per heavy atom. The number of fused-ring (bicyclic) bond motifs is 3. The summed E-state index contributed by atoms with van der Waals surface area (Å²) in [5.41, 5.74) is 10.1. The fraction of sp³-hybridized carbons (Fsp3) is 0.158. The second-order valence-electron chi connectivity index (χ2n) is 11.4. The number of rotatable bonds is 5. The number of nitrogens with zero attached hydrogens (tertiary/aromatic N) is 2. The summed E-state index contributed by atoms with van der Waals surface area (Å²) in [7, 11) is 0. The number of allylic oxidation sites excluding steroid dienone is 5. The molecule has 3 atom stereocenters. The van der Waals surface area contributed by atoms with E-state index in [2.05, 4.69) is 137 Å². The summed E-state index contributed by atoms with van der Waals surface area (Å²) >= 11 is 0. The van der Waals surface area contributed by atoms with Gasteiger partial charge in [-0.3, -0.25) is 10.3 Å². The van der Waals surface area contributed by atoms with Crippen LogP contribution in [-0.4, -0.2) is 17.7 Å². The first-order chi connectivity index (χ1) is 20.8. The van der Waals surface area contributed by atoms with Crippen molar-refractivity contribution in [1.82, 2.24) is 10.6 Å². The summed E-state index contributed by atoms with van der Waals surface area (Å²) in [6.07, 6.45) is 16.2. The van der Waals surface area contributed by atoms with E-state index in [1.807, 2.05) is 6.20 Å². The van der Waals surface area contributed by atoms with Crippen LogP contribution in [0.25, 0.3) is 16.8 Å². The summed E-state index contributed by atoms with van der Waals surface area (Å²) in [6, 6.07) is 32.3. The zero-order valence-corrected chi connectivity index (χ0v) is 23.4. The Kier molecular flexibility index (Phi) is 6.27. The number of aliphatic imine (C=N–C) groups is 2. The van der Waals surface area contributed by atoms with E-state index in [1.165, 1.54) is 44.2 Å². The molecule has 0 bridgehead atoms. The van der Waals surface area contributed by atoms with Gasteiger partial charge in [-0.1, -0.05) is 115 Å². The number of amidine groups is 1. The van der Waals surface area contributed by atoms with Gasteiger partial charge >= 0.3 is 0 Å². The van der Waals surface area contributed by atoms with E-state index >= 15 is 0 Å². The van der Waals surface area contributed by atoms with E-state index < -0.39 is 0 Å². The van der Waals surface area contributed by atoms with Gasteiger partial charge in [0, 0.05) is 17.7 Å². The van der Waals surface area contributed by atoms with Gasteiger partial charge in [0.2, 0.25) is 0 Å². The molecule has 2 aliphatic carbocycles. The van der Waals surface area contributed by atoms with Gasteiger partial charge in [-0.15, -0.1) is 0 Å². The number of hydrogen-bond acceptors (Lipinski definition) is 4. The molecule has 4 aromatic carbocycles. The molecule has 2 N–H and O–H groups in total. The molecule has 0 aromatic heterocycles. The van der Waals surface area contributed by atoms with Gasteiger partial charge < -0.3 is 5.32 Å². The molecule has 4 heteroatoms. The van der Waals surface area contributed by atoms with Gasteiger partial charge in [-0.25, -0.2) is 4.99 Å². The summed E-state index contributed by atoms with van der Waals surface area (Å²) in [6.45, 7) is 0. The van der Waals surface area contributed by atoms with E-state index in [-0.39, 0.29) is 18.2 Å². The molecular weight excluding hydrogens is 512 g/mol. The molecule has 8 rings (SSSR count). The molecule has 0 fully saturated rings. The zero-order valence-electron chi connectivity index (χ0n) is 23.4. The van der Waals surface area contributed by atoms with Crippen molar-refractivity contribution in [1.29, 1.82) is 0 Å². The van der Waals surface area contributed by atoms with Gasteiger partial charge in [0.1, 0.15) is 18.2 Å². The molecule has 4 nitrogen and oxygen atoms in total. The highest BCUT2D eigenvalue weighted by Gasteiger charge is 2.31. The largest absolute Gasteiger partial charge is 0.350 e. The molecule has 204 valence electrons. The monoisotopic (exact) mass is 544 g/mol. The highest BCUT2D eigenvalue weighted by atomic mass is 15.3. The van der Waals surface area contributed by atoms with Crippen LogP contribution in [0.1, 0.15) is 52.7 Å². The first-order valence-electron chi connectivity index (χ1n) is 14.9. The smallest absolute Gasteiger partial charge is 0.131 e. The van der Waals surface area contributed by atoms with Crippen LogP contribution in [0.4, 0.5) is 0 Å². The van der Waals surface area contributed by atoms with Crippen LogP contribution in [0.15, 0.2) is 143 Å². The maximum atomic E-state index is 5.28. The van der Waals surface area contributed by atoms with Gasteiger partial charge in [0.15, 0.2) is 0 Å². The SMILES string of the molecule is C1=Cc2c(c(C3C=C(C4=NC=C4)C=C(C4N=C(c5ccccc5)NC(c5ccccc5)N4)C3)cc3ccccc23)CC1. The standard InChI is InChI=1S/C38H32N4/c1-3-11-25(12-4-1)36-40-37(26-13-5-2-6-14-26)42-38(41-36)30-22-28(21-29(23-30)35-19-20-39-35)34-24-27-15-7-8-16-31(27)32-17-9-10-18-33(32)34/h1-9,11-17,19-21,23-24,28,36,38,41H,10,18,22H2,(H,40,42). The van der Waals surface area contributed by atoms with Crippen molar-refractivity contribution in [3.8, 4) is 0 Å². The van der Waals surface area contributed by atoms with Crippen molar-refractivity contribution in [2.24, 2.45) is 9.98 Å². The molecule has 3 unspecified atom stereocenters. The van der Waals surface area contributed by atoms with E-state index in [1.54, 1.807) is 0 Å². The third-order valence-electron chi connectivity index (χ3n) is 8.79.